The summed E-state index contributed by atoms with van der Waals surface area (Å²) in [6, 6.07) is 6.12. The van der Waals surface area contributed by atoms with E-state index in [1.807, 2.05) is 32.0 Å². The maximum absolute atomic E-state index is 11.9. The molecule has 0 radical (unpaired) electrons. The molecule has 3 nitrogen and oxygen atoms in total. The lowest BCUT2D eigenvalue weighted by atomic mass is 10.1. The van der Waals surface area contributed by atoms with Gasteiger partial charge in [-0.25, -0.2) is 4.79 Å². The summed E-state index contributed by atoms with van der Waals surface area (Å²) in [5.41, 5.74) is 9.69. The first-order chi connectivity index (χ1) is 9.45. The molecular formula is C15H16BrNO2S. The maximum atomic E-state index is 11.9. The molecule has 0 aliphatic rings. The maximum Gasteiger partial charge on any atom is 0.350 e. The Hall–Kier alpha value is -1.33. The van der Waals surface area contributed by atoms with E-state index in [1.54, 1.807) is 6.92 Å². The molecule has 0 bridgehead atoms. The van der Waals surface area contributed by atoms with E-state index in [0.717, 1.165) is 20.5 Å². The summed E-state index contributed by atoms with van der Waals surface area (Å²) in [5.74, 6) is -0.351. The third-order valence-electron chi connectivity index (χ3n) is 3.09. The van der Waals surface area contributed by atoms with E-state index in [1.165, 1.54) is 16.9 Å². The third kappa shape index (κ3) is 2.74. The summed E-state index contributed by atoms with van der Waals surface area (Å²) in [4.78, 5) is 13.4. The number of rotatable bonds is 3. The number of carbonyl (C=O) groups excluding carboxylic acids is 1. The minimum atomic E-state index is -0.351. The Morgan fingerprint density at radius 2 is 2.10 bits per heavy atom. The zero-order valence-corrected chi connectivity index (χ0v) is 14.0. The van der Waals surface area contributed by atoms with Gasteiger partial charge in [0, 0.05) is 9.35 Å². The lowest BCUT2D eigenvalue weighted by Gasteiger charge is -2.03. The number of aryl methyl sites for hydroxylation is 1. The van der Waals surface area contributed by atoms with Gasteiger partial charge in [0.15, 0.2) is 0 Å². The number of anilines is 1. The molecule has 5 heteroatoms. The van der Waals surface area contributed by atoms with Crippen molar-refractivity contribution in [2.75, 3.05) is 12.3 Å². The lowest BCUT2D eigenvalue weighted by Crippen LogP contribution is -2.05. The van der Waals surface area contributed by atoms with E-state index in [2.05, 4.69) is 15.9 Å². The molecule has 0 fully saturated rings. The molecule has 0 saturated carbocycles. The first-order valence-electron chi connectivity index (χ1n) is 6.28. The Morgan fingerprint density at radius 3 is 2.70 bits per heavy atom. The Labute approximate surface area is 130 Å². The molecule has 2 N–H and O–H groups in total. The summed E-state index contributed by atoms with van der Waals surface area (Å²) in [5, 5.41) is 0. The fraction of sp³-hybridized carbons (Fsp3) is 0.267. The molecule has 0 aliphatic carbocycles. The molecule has 0 unspecified atom stereocenters. The Kier molecular flexibility index (Phi) is 4.50. The molecule has 1 aromatic heterocycles. The minimum Gasteiger partial charge on any atom is -0.462 e. The van der Waals surface area contributed by atoms with Gasteiger partial charge in [-0.15, -0.1) is 11.3 Å². The molecule has 0 aliphatic heterocycles. The second-order valence-corrected chi connectivity index (χ2v) is 6.36. The average molecular weight is 354 g/mol. The molecule has 0 atom stereocenters. The van der Waals surface area contributed by atoms with Crippen LogP contribution in [-0.2, 0) is 4.74 Å². The highest BCUT2D eigenvalue weighted by Crippen LogP contribution is 2.39. The molecular weight excluding hydrogens is 338 g/mol. The number of nitrogen functional groups attached to an aromatic ring is 1. The molecule has 1 heterocycles. The van der Waals surface area contributed by atoms with Crippen molar-refractivity contribution >= 4 is 38.9 Å². The number of carbonyl (C=O) groups is 1. The van der Waals surface area contributed by atoms with Crippen molar-refractivity contribution in [1.82, 2.24) is 0 Å². The fourth-order valence-electron chi connectivity index (χ4n) is 1.88. The van der Waals surface area contributed by atoms with Crippen LogP contribution in [0.15, 0.2) is 22.7 Å². The fourth-order valence-corrected chi connectivity index (χ4v) is 3.38. The smallest absolute Gasteiger partial charge is 0.350 e. The topological polar surface area (TPSA) is 52.3 Å². The Balaban J connectivity index is 2.50. The van der Waals surface area contributed by atoms with Crippen LogP contribution in [0.2, 0.25) is 0 Å². The highest BCUT2D eigenvalue weighted by molar-refractivity contribution is 9.10. The van der Waals surface area contributed by atoms with Crippen molar-refractivity contribution in [3.05, 3.63) is 38.7 Å². The highest BCUT2D eigenvalue weighted by atomic mass is 79.9. The van der Waals surface area contributed by atoms with Crippen molar-refractivity contribution < 1.29 is 9.53 Å². The van der Waals surface area contributed by atoms with Crippen LogP contribution in [0.3, 0.4) is 0 Å². The van der Waals surface area contributed by atoms with Crippen molar-refractivity contribution in [3.8, 4) is 10.4 Å². The van der Waals surface area contributed by atoms with Crippen LogP contribution < -0.4 is 5.73 Å². The van der Waals surface area contributed by atoms with Gasteiger partial charge < -0.3 is 10.5 Å². The lowest BCUT2D eigenvalue weighted by molar-refractivity contribution is 0.0533. The quantitative estimate of drug-likeness (QED) is 0.823. The van der Waals surface area contributed by atoms with Gasteiger partial charge in [-0.2, -0.15) is 0 Å². The number of nitrogens with two attached hydrogens (primary N) is 1. The van der Waals surface area contributed by atoms with Crippen molar-refractivity contribution in [1.29, 1.82) is 0 Å². The van der Waals surface area contributed by atoms with Gasteiger partial charge >= 0.3 is 5.97 Å². The molecule has 2 aromatic rings. The standard InChI is InChI=1S/C15H16BrNO2S/c1-4-19-15(18)14-12(17)9(3)13(20-14)10-6-5-8(2)11(16)7-10/h5-7H,4,17H2,1-3H3. The van der Waals surface area contributed by atoms with Crippen LogP contribution in [0, 0.1) is 13.8 Å². The third-order valence-corrected chi connectivity index (χ3v) is 5.28. The van der Waals surface area contributed by atoms with E-state index in [9.17, 15) is 4.79 Å². The normalized spacial score (nSPS) is 10.6. The van der Waals surface area contributed by atoms with Gasteiger partial charge in [0.1, 0.15) is 4.88 Å². The predicted octanol–water partition coefficient (Wildman–Crippen LogP) is 4.55. The van der Waals surface area contributed by atoms with Crippen LogP contribution >= 0.6 is 27.3 Å². The van der Waals surface area contributed by atoms with Gasteiger partial charge in [-0.1, -0.05) is 28.1 Å². The first-order valence-corrected chi connectivity index (χ1v) is 7.89. The van der Waals surface area contributed by atoms with Crippen LogP contribution in [0.25, 0.3) is 10.4 Å². The van der Waals surface area contributed by atoms with Crippen molar-refractivity contribution in [3.63, 3.8) is 0 Å². The predicted molar refractivity (Wildman–Crippen MR) is 87.3 cm³/mol. The van der Waals surface area contributed by atoms with E-state index in [-0.39, 0.29) is 5.97 Å². The van der Waals surface area contributed by atoms with Crippen LogP contribution in [0.4, 0.5) is 5.69 Å². The molecule has 106 valence electrons. The van der Waals surface area contributed by atoms with Crippen LogP contribution in [0.1, 0.15) is 27.7 Å². The van der Waals surface area contributed by atoms with E-state index < -0.39 is 0 Å². The molecule has 1 aromatic carbocycles. The van der Waals surface area contributed by atoms with Crippen LogP contribution in [-0.4, -0.2) is 12.6 Å². The zero-order chi connectivity index (χ0) is 14.9. The highest BCUT2D eigenvalue weighted by Gasteiger charge is 2.20. The van der Waals surface area contributed by atoms with Crippen molar-refractivity contribution in [2.45, 2.75) is 20.8 Å². The van der Waals surface area contributed by atoms with E-state index >= 15 is 0 Å². The average Bonchev–Trinajstić information content (AvgIpc) is 2.70. The Morgan fingerprint density at radius 1 is 1.40 bits per heavy atom. The van der Waals surface area contributed by atoms with E-state index in [0.29, 0.717) is 17.2 Å². The van der Waals surface area contributed by atoms with Gasteiger partial charge in [0.2, 0.25) is 0 Å². The zero-order valence-electron chi connectivity index (χ0n) is 11.6. The summed E-state index contributed by atoms with van der Waals surface area (Å²) in [6.45, 7) is 6.10. The summed E-state index contributed by atoms with van der Waals surface area (Å²) < 4.78 is 6.08. The van der Waals surface area contributed by atoms with E-state index in [4.69, 9.17) is 10.5 Å². The number of halogens is 1. The van der Waals surface area contributed by atoms with Crippen molar-refractivity contribution in [2.24, 2.45) is 0 Å². The number of esters is 1. The Bertz CT molecular complexity index is 664. The monoisotopic (exact) mass is 353 g/mol. The first kappa shape index (κ1) is 15.1. The molecule has 0 spiro atoms. The molecule has 0 amide bonds. The summed E-state index contributed by atoms with van der Waals surface area (Å²) in [6.07, 6.45) is 0. The second kappa shape index (κ2) is 5.97. The van der Waals surface area contributed by atoms with Gasteiger partial charge in [0.25, 0.3) is 0 Å². The summed E-state index contributed by atoms with van der Waals surface area (Å²) >= 11 is 4.91. The van der Waals surface area contributed by atoms with Gasteiger partial charge in [0.05, 0.1) is 12.3 Å². The number of ether oxygens (including phenoxy) is 1. The number of benzene rings is 1. The number of hydrogen-bond acceptors (Lipinski definition) is 4. The second-order valence-electron chi connectivity index (χ2n) is 4.48. The molecule has 20 heavy (non-hydrogen) atoms. The SMILES string of the molecule is CCOC(=O)c1sc(-c2ccc(C)c(Br)c2)c(C)c1N. The molecule has 0 saturated heterocycles. The molecule has 2 rings (SSSR count). The van der Waals surface area contributed by atoms with Gasteiger partial charge in [-0.3, -0.25) is 0 Å². The minimum absolute atomic E-state index is 0.348. The van der Waals surface area contributed by atoms with Crippen LogP contribution in [0.5, 0.6) is 0 Å². The van der Waals surface area contributed by atoms with Gasteiger partial charge in [-0.05, 0) is 43.5 Å². The largest absolute Gasteiger partial charge is 0.462 e. The number of thiophene rings is 1. The number of hydrogen-bond donors (Lipinski definition) is 1. The summed E-state index contributed by atoms with van der Waals surface area (Å²) in [7, 11) is 0.